The van der Waals surface area contributed by atoms with Crippen molar-refractivity contribution in [1.82, 2.24) is 15.1 Å². The van der Waals surface area contributed by atoms with E-state index in [-0.39, 0.29) is 0 Å². The maximum atomic E-state index is 5.77. The molecule has 2 heterocycles. The second-order valence-corrected chi connectivity index (χ2v) is 6.29. The molecule has 0 aliphatic carbocycles. The SMILES string of the molecule is CCCNCc1cnn(Cc2cc(Br)cc3c2OCC3)c1. The Morgan fingerprint density at radius 1 is 1.43 bits per heavy atom. The topological polar surface area (TPSA) is 39.1 Å². The number of nitrogens with zero attached hydrogens (tertiary/aromatic N) is 2. The zero-order valence-electron chi connectivity index (χ0n) is 12.2. The second kappa shape index (κ2) is 6.62. The van der Waals surface area contributed by atoms with Gasteiger partial charge in [-0.1, -0.05) is 22.9 Å². The van der Waals surface area contributed by atoms with Gasteiger partial charge in [-0.15, -0.1) is 0 Å². The molecule has 0 bridgehead atoms. The number of aromatic nitrogens is 2. The van der Waals surface area contributed by atoms with E-state index < -0.39 is 0 Å². The van der Waals surface area contributed by atoms with E-state index in [2.05, 4.69) is 51.6 Å². The number of benzene rings is 1. The molecule has 0 amide bonds. The van der Waals surface area contributed by atoms with Crippen molar-refractivity contribution >= 4 is 15.9 Å². The van der Waals surface area contributed by atoms with Crippen molar-refractivity contribution in [3.63, 3.8) is 0 Å². The van der Waals surface area contributed by atoms with Crippen LogP contribution in [0.4, 0.5) is 0 Å². The van der Waals surface area contributed by atoms with Crippen LogP contribution < -0.4 is 10.1 Å². The molecule has 0 radical (unpaired) electrons. The van der Waals surface area contributed by atoms with Gasteiger partial charge in [-0.3, -0.25) is 4.68 Å². The molecule has 4 nitrogen and oxygen atoms in total. The van der Waals surface area contributed by atoms with Crippen LogP contribution in [0.25, 0.3) is 0 Å². The van der Waals surface area contributed by atoms with Crippen molar-refractivity contribution in [1.29, 1.82) is 0 Å². The molecule has 0 saturated carbocycles. The van der Waals surface area contributed by atoms with Crippen LogP contribution in [0.2, 0.25) is 0 Å². The summed E-state index contributed by atoms with van der Waals surface area (Å²) in [7, 11) is 0. The van der Waals surface area contributed by atoms with Gasteiger partial charge in [0.15, 0.2) is 0 Å². The summed E-state index contributed by atoms with van der Waals surface area (Å²) in [5.41, 5.74) is 3.69. The van der Waals surface area contributed by atoms with Gasteiger partial charge in [0.25, 0.3) is 0 Å². The number of fused-ring (bicyclic) bond motifs is 1. The van der Waals surface area contributed by atoms with Crippen molar-refractivity contribution in [3.8, 4) is 5.75 Å². The average molecular weight is 350 g/mol. The van der Waals surface area contributed by atoms with E-state index in [1.165, 1.54) is 16.7 Å². The van der Waals surface area contributed by atoms with Crippen LogP contribution in [0.1, 0.15) is 30.0 Å². The predicted molar refractivity (Wildman–Crippen MR) is 86.7 cm³/mol. The quantitative estimate of drug-likeness (QED) is 0.814. The summed E-state index contributed by atoms with van der Waals surface area (Å²) in [6.07, 6.45) is 6.18. The van der Waals surface area contributed by atoms with Gasteiger partial charge < -0.3 is 10.1 Å². The van der Waals surface area contributed by atoms with Crippen molar-refractivity contribution < 1.29 is 4.74 Å². The fraction of sp³-hybridized carbons (Fsp3) is 0.438. The second-order valence-electron chi connectivity index (χ2n) is 5.37. The summed E-state index contributed by atoms with van der Waals surface area (Å²) < 4.78 is 8.86. The first-order valence-electron chi connectivity index (χ1n) is 7.42. The van der Waals surface area contributed by atoms with E-state index >= 15 is 0 Å². The number of nitrogens with one attached hydrogen (secondary N) is 1. The maximum Gasteiger partial charge on any atom is 0.127 e. The maximum absolute atomic E-state index is 5.77. The molecule has 0 saturated heterocycles. The molecule has 1 aliphatic heterocycles. The van der Waals surface area contributed by atoms with Crippen LogP contribution >= 0.6 is 15.9 Å². The van der Waals surface area contributed by atoms with Crippen molar-refractivity contribution in [2.45, 2.75) is 32.9 Å². The molecule has 0 fully saturated rings. The summed E-state index contributed by atoms with van der Waals surface area (Å²) in [4.78, 5) is 0. The van der Waals surface area contributed by atoms with Crippen molar-refractivity contribution in [2.24, 2.45) is 0 Å². The summed E-state index contributed by atoms with van der Waals surface area (Å²) in [6, 6.07) is 4.27. The molecule has 0 unspecified atom stereocenters. The minimum atomic E-state index is 0.746. The summed E-state index contributed by atoms with van der Waals surface area (Å²) >= 11 is 3.58. The lowest BCUT2D eigenvalue weighted by molar-refractivity contribution is 0.352. The van der Waals surface area contributed by atoms with Crippen LogP contribution in [-0.2, 0) is 19.5 Å². The minimum Gasteiger partial charge on any atom is -0.493 e. The molecule has 1 aliphatic rings. The van der Waals surface area contributed by atoms with Crippen LogP contribution in [0, 0.1) is 0 Å². The lowest BCUT2D eigenvalue weighted by Crippen LogP contribution is -2.13. The molecule has 0 atom stereocenters. The normalized spacial score (nSPS) is 13.2. The summed E-state index contributed by atoms with van der Waals surface area (Å²) in [5.74, 6) is 1.04. The average Bonchev–Trinajstić information content (AvgIpc) is 3.08. The molecular weight excluding hydrogens is 330 g/mol. The highest BCUT2D eigenvalue weighted by Crippen LogP contribution is 2.33. The fourth-order valence-electron chi connectivity index (χ4n) is 2.63. The Morgan fingerprint density at radius 3 is 3.19 bits per heavy atom. The molecule has 1 aromatic heterocycles. The monoisotopic (exact) mass is 349 g/mol. The highest BCUT2D eigenvalue weighted by molar-refractivity contribution is 9.10. The van der Waals surface area contributed by atoms with E-state index in [0.717, 1.165) is 49.3 Å². The Morgan fingerprint density at radius 2 is 2.33 bits per heavy atom. The fourth-order valence-corrected chi connectivity index (χ4v) is 3.18. The van der Waals surface area contributed by atoms with E-state index in [9.17, 15) is 0 Å². The lowest BCUT2D eigenvalue weighted by Gasteiger charge is -2.09. The molecular formula is C16H20BrN3O. The third-order valence-corrected chi connectivity index (χ3v) is 4.06. The van der Waals surface area contributed by atoms with E-state index in [1.807, 2.05) is 10.9 Å². The van der Waals surface area contributed by atoms with E-state index in [4.69, 9.17) is 4.74 Å². The van der Waals surface area contributed by atoms with Gasteiger partial charge in [0.05, 0.1) is 19.3 Å². The van der Waals surface area contributed by atoms with Gasteiger partial charge in [0.1, 0.15) is 5.75 Å². The van der Waals surface area contributed by atoms with Crippen LogP contribution in [0.3, 0.4) is 0 Å². The Bertz CT molecular complexity index is 624. The van der Waals surface area contributed by atoms with Gasteiger partial charge in [0, 0.05) is 34.8 Å². The van der Waals surface area contributed by atoms with Gasteiger partial charge >= 0.3 is 0 Å². The Hall–Kier alpha value is -1.33. The number of hydrogen-bond acceptors (Lipinski definition) is 3. The highest BCUT2D eigenvalue weighted by Gasteiger charge is 2.17. The van der Waals surface area contributed by atoms with Gasteiger partial charge in [0.2, 0.25) is 0 Å². The van der Waals surface area contributed by atoms with E-state index in [1.54, 1.807) is 0 Å². The molecule has 0 spiro atoms. The molecule has 3 rings (SSSR count). The van der Waals surface area contributed by atoms with Crippen molar-refractivity contribution in [2.75, 3.05) is 13.2 Å². The third-order valence-electron chi connectivity index (χ3n) is 3.60. The largest absolute Gasteiger partial charge is 0.493 e. The molecule has 2 aromatic rings. The molecule has 1 N–H and O–H groups in total. The predicted octanol–water partition coefficient (Wildman–Crippen LogP) is 3.13. The van der Waals surface area contributed by atoms with Gasteiger partial charge in [-0.2, -0.15) is 5.10 Å². The number of rotatable bonds is 6. The zero-order chi connectivity index (χ0) is 14.7. The highest BCUT2D eigenvalue weighted by atomic mass is 79.9. The first-order valence-corrected chi connectivity index (χ1v) is 8.21. The Labute approximate surface area is 133 Å². The number of halogens is 1. The Balaban J connectivity index is 1.72. The minimum absolute atomic E-state index is 0.746. The van der Waals surface area contributed by atoms with Crippen LogP contribution in [-0.4, -0.2) is 22.9 Å². The first-order chi connectivity index (χ1) is 10.3. The Kier molecular flexibility index (Phi) is 4.60. The summed E-state index contributed by atoms with van der Waals surface area (Å²) in [5, 5.41) is 7.84. The van der Waals surface area contributed by atoms with Gasteiger partial charge in [-0.05, 0) is 30.7 Å². The standard InChI is InChI=1S/C16H20BrN3O/c1-2-4-18-8-12-9-19-20(10-12)11-14-7-15(17)6-13-3-5-21-16(13)14/h6-7,9-10,18H,2-5,8,11H2,1H3. The molecule has 112 valence electrons. The smallest absolute Gasteiger partial charge is 0.127 e. The van der Waals surface area contributed by atoms with E-state index in [0.29, 0.717) is 0 Å². The van der Waals surface area contributed by atoms with Crippen LogP contribution in [0.5, 0.6) is 5.75 Å². The molecule has 1 aromatic carbocycles. The number of ether oxygens (including phenoxy) is 1. The molecule has 5 heteroatoms. The van der Waals surface area contributed by atoms with Gasteiger partial charge in [-0.25, -0.2) is 0 Å². The zero-order valence-corrected chi connectivity index (χ0v) is 13.8. The summed E-state index contributed by atoms with van der Waals surface area (Å²) in [6.45, 7) is 5.61. The number of hydrogen-bond donors (Lipinski definition) is 1. The molecule has 21 heavy (non-hydrogen) atoms. The van der Waals surface area contributed by atoms with Crippen molar-refractivity contribution in [3.05, 3.63) is 45.7 Å². The third kappa shape index (κ3) is 3.47. The van der Waals surface area contributed by atoms with Crippen LogP contribution in [0.15, 0.2) is 29.0 Å². The lowest BCUT2D eigenvalue weighted by atomic mass is 10.1. The first kappa shape index (κ1) is 14.6.